The molecule has 0 bridgehead atoms. The van der Waals surface area contributed by atoms with Crippen molar-refractivity contribution < 1.29 is 9.53 Å². The maximum Gasteiger partial charge on any atom is 0.266 e. The molecule has 1 aromatic heterocycles. The molecule has 0 unspecified atom stereocenters. The first kappa shape index (κ1) is 14.7. The third-order valence-electron chi connectivity index (χ3n) is 3.53. The van der Waals surface area contributed by atoms with Crippen LogP contribution < -0.4 is 10.1 Å². The van der Waals surface area contributed by atoms with Crippen LogP contribution in [-0.4, -0.2) is 38.0 Å². The van der Waals surface area contributed by atoms with Crippen LogP contribution in [0.5, 0.6) is 5.75 Å². The predicted octanol–water partition coefficient (Wildman–Crippen LogP) is 2.15. The molecule has 0 saturated heterocycles. The monoisotopic (exact) mass is 339 g/mol. The van der Waals surface area contributed by atoms with Crippen LogP contribution in [0.2, 0.25) is 0 Å². The van der Waals surface area contributed by atoms with Crippen LogP contribution in [-0.2, 0) is 4.79 Å². The summed E-state index contributed by atoms with van der Waals surface area (Å²) >= 11 is 1.62. The summed E-state index contributed by atoms with van der Waals surface area (Å²) < 4.78 is 7.32. The van der Waals surface area contributed by atoms with Gasteiger partial charge in [0.1, 0.15) is 12.1 Å². The SMILES string of the molecule is O=C(Nc1cccc(-n2cnnn2)c1)[C@@H]1CSc2ccccc2O1. The number of hydrogen-bond donors (Lipinski definition) is 1. The van der Waals surface area contributed by atoms with Crippen LogP contribution in [0.15, 0.2) is 59.8 Å². The summed E-state index contributed by atoms with van der Waals surface area (Å²) in [4.78, 5) is 13.5. The van der Waals surface area contributed by atoms with Gasteiger partial charge in [-0.2, -0.15) is 0 Å². The Bertz CT molecular complexity index is 868. The summed E-state index contributed by atoms with van der Waals surface area (Å²) in [7, 11) is 0. The number of fused-ring (bicyclic) bond motifs is 1. The summed E-state index contributed by atoms with van der Waals surface area (Å²) in [5.74, 6) is 1.15. The quantitative estimate of drug-likeness (QED) is 0.787. The molecule has 1 aliphatic heterocycles. The minimum absolute atomic E-state index is 0.175. The van der Waals surface area contributed by atoms with Crippen LogP contribution >= 0.6 is 11.8 Å². The number of carbonyl (C=O) groups excluding carboxylic acids is 1. The highest BCUT2D eigenvalue weighted by molar-refractivity contribution is 7.99. The molecule has 120 valence electrons. The number of amides is 1. The lowest BCUT2D eigenvalue weighted by atomic mass is 10.2. The maximum absolute atomic E-state index is 12.5. The van der Waals surface area contributed by atoms with Crippen LogP contribution in [0.25, 0.3) is 5.69 Å². The Morgan fingerprint density at radius 2 is 2.17 bits per heavy atom. The Labute approximate surface area is 142 Å². The number of ether oxygens (including phenoxy) is 1. The van der Waals surface area contributed by atoms with Crippen molar-refractivity contribution in [2.75, 3.05) is 11.1 Å². The minimum atomic E-state index is -0.526. The normalized spacial score (nSPS) is 16.1. The molecule has 24 heavy (non-hydrogen) atoms. The lowest BCUT2D eigenvalue weighted by Crippen LogP contribution is -2.36. The molecule has 0 fully saturated rings. The molecule has 0 spiro atoms. The van der Waals surface area contributed by atoms with E-state index in [0.29, 0.717) is 11.4 Å². The van der Waals surface area contributed by atoms with Gasteiger partial charge in [0.15, 0.2) is 6.10 Å². The number of thioether (sulfide) groups is 1. The zero-order chi connectivity index (χ0) is 16.4. The molecule has 0 radical (unpaired) electrons. The van der Waals surface area contributed by atoms with E-state index in [1.807, 2.05) is 42.5 Å². The van der Waals surface area contributed by atoms with Crippen LogP contribution in [0.3, 0.4) is 0 Å². The zero-order valence-corrected chi connectivity index (χ0v) is 13.3. The Balaban J connectivity index is 1.48. The average molecular weight is 339 g/mol. The second kappa shape index (κ2) is 6.32. The summed E-state index contributed by atoms with van der Waals surface area (Å²) in [5.41, 5.74) is 1.43. The average Bonchev–Trinajstić information content (AvgIpc) is 3.16. The Morgan fingerprint density at radius 1 is 1.25 bits per heavy atom. The predicted molar refractivity (Wildman–Crippen MR) is 89.4 cm³/mol. The second-order valence-corrected chi connectivity index (χ2v) is 6.22. The zero-order valence-electron chi connectivity index (χ0n) is 12.5. The van der Waals surface area contributed by atoms with Gasteiger partial charge in [0.2, 0.25) is 0 Å². The van der Waals surface area contributed by atoms with Crippen LogP contribution in [0, 0.1) is 0 Å². The molecule has 3 aromatic rings. The van der Waals surface area contributed by atoms with E-state index in [0.717, 1.165) is 16.3 Å². The summed E-state index contributed by atoms with van der Waals surface area (Å²) in [6.07, 6.45) is 0.972. The fourth-order valence-corrected chi connectivity index (χ4v) is 3.36. The van der Waals surface area contributed by atoms with E-state index >= 15 is 0 Å². The summed E-state index contributed by atoms with van der Waals surface area (Å²) in [6.45, 7) is 0. The Morgan fingerprint density at radius 3 is 3.04 bits per heavy atom. The van der Waals surface area contributed by atoms with Crippen molar-refractivity contribution in [3.05, 3.63) is 54.9 Å². The van der Waals surface area contributed by atoms with Gasteiger partial charge < -0.3 is 10.1 Å². The number of carbonyl (C=O) groups is 1. The number of rotatable bonds is 3. The molecule has 0 saturated carbocycles. The third-order valence-corrected chi connectivity index (χ3v) is 4.65. The Hall–Kier alpha value is -2.87. The summed E-state index contributed by atoms with van der Waals surface area (Å²) in [6, 6.07) is 15.0. The van der Waals surface area contributed by atoms with Crippen molar-refractivity contribution in [1.82, 2.24) is 20.2 Å². The molecule has 1 amide bonds. The number of nitrogens with zero attached hydrogens (tertiary/aromatic N) is 4. The maximum atomic E-state index is 12.5. The standard InChI is InChI=1S/C16H13N5O2S/c22-16(14-9-24-15-7-2-1-6-13(15)23-14)18-11-4-3-5-12(8-11)21-10-17-19-20-21/h1-8,10,14H,9H2,(H,18,22)/t14-/m0/s1. The highest BCUT2D eigenvalue weighted by atomic mass is 32.2. The minimum Gasteiger partial charge on any atom is -0.479 e. The highest BCUT2D eigenvalue weighted by Gasteiger charge is 2.26. The van der Waals surface area contributed by atoms with Crippen LogP contribution in [0.1, 0.15) is 0 Å². The molecule has 2 heterocycles. The molecule has 1 N–H and O–H groups in total. The van der Waals surface area contributed by atoms with Crippen molar-refractivity contribution in [2.24, 2.45) is 0 Å². The first-order chi connectivity index (χ1) is 11.8. The lowest BCUT2D eigenvalue weighted by Gasteiger charge is -2.24. The van der Waals surface area contributed by atoms with E-state index in [9.17, 15) is 4.79 Å². The van der Waals surface area contributed by atoms with Crippen molar-refractivity contribution in [1.29, 1.82) is 0 Å². The molecule has 4 rings (SSSR count). The first-order valence-corrected chi connectivity index (χ1v) is 8.31. The number of aromatic nitrogens is 4. The van der Waals surface area contributed by atoms with Gasteiger partial charge in [-0.3, -0.25) is 4.79 Å². The largest absolute Gasteiger partial charge is 0.479 e. The smallest absolute Gasteiger partial charge is 0.266 e. The molecule has 0 aliphatic carbocycles. The van der Waals surface area contributed by atoms with E-state index in [1.165, 1.54) is 11.0 Å². The van der Waals surface area contributed by atoms with E-state index in [4.69, 9.17) is 4.74 Å². The molecular formula is C16H13N5O2S. The van der Waals surface area contributed by atoms with Crippen molar-refractivity contribution in [3.8, 4) is 11.4 Å². The topological polar surface area (TPSA) is 81.9 Å². The van der Waals surface area contributed by atoms with E-state index in [1.54, 1.807) is 17.8 Å². The van der Waals surface area contributed by atoms with Crippen molar-refractivity contribution in [2.45, 2.75) is 11.0 Å². The highest BCUT2D eigenvalue weighted by Crippen LogP contribution is 2.35. The molecular weight excluding hydrogens is 326 g/mol. The van der Waals surface area contributed by atoms with Gasteiger partial charge in [0.05, 0.1) is 5.69 Å². The third kappa shape index (κ3) is 2.95. The number of para-hydroxylation sites is 1. The lowest BCUT2D eigenvalue weighted by molar-refractivity contribution is -0.122. The van der Waals surface area contributed by atoms with Crippen LogP contribution in [0.4, 0.5) is 5.69 Å². The molecule has 7 nitrogen and oxygen atoms in total. The number of benzene rings is 2. The van der Waals surface area contributed by atoms with E-state index < -0.39 is 6.10 Å². The van der Waals surface area contributed by atoms with Gasteiger partial charge in [-0.05, 0) is 40.8 Å². The molecule has 1 aliphatic rings. The molecule has 2 aromatic carbocycles. The van der Waals surface area contributed by atoms with Crippen molar-refractivity contribution in [3.63, 3.8) is 0 Å². The van der Waals surface area contributed by atoms with Gasteiger partial charge in [0, 0.05) is 16.3 Å². The first-order valence-electron chi connectivity index (χ1n) is 7.32. The number of nitrogens with one attached hydrogen (secondary N) is 1. The van der Waals surface area contributed by atoms with Gasteiger partial charge in [-0.25, -0.2) is 4.68 Å². The van der Waals surface area contributed by atoms with Gasteiger partial charge >= 0.3 is 0 Å². The number of hydrogen-bond acceptors (Lipinski definition) is 6. The Kier molecular flexibility index (Phi) is 3.87. The van der Waals surface area contributed by atoms with Gasteiger partial charge in [0.25, 0.3) is 5.91 Å². The van der Waals surface area contributed by atoms with Crippen molar-refractivity contribution >= 4 is 23.4 Å². The van der Waals surface area contributed by atoms with E-state index in [-0.39, 0.29) is 5.91 Å². The number of tetrazole rings is 1. The van der Waals surface area contributed by atoms with Gasteiger partial charge in [-0.15, -0.1) is 16.9 Å². The second-order valence-electron chi connectivity index (χ2n) is 5.16. The summed E-state index contributed by atoms with van der Waals surface area (Å²) in [5, 5.41) is 13.9. The fraction of sp³-hybridized carbons (Fsp3) is 0.125. The fourth-order valence-electron chi connectivity index (χ4n) is 2.38. The van der Waals surface area contributed by atoms with E-state index in [2.05, 4.69) is 20.8 Å². The van der Waals surface area contributed by atoms with Gasteiger partial charge in [-0.1, -0.05) is 18.2 Å². The molecule has 1 atom stereocenters. The number of anilines is 1. The molecule has 8 heteroatoms.